The lowest BCUT2D eigenvalue weighted by molar-refractivity contribution is -0.118. The highest BCUT2D eigenvalue weighted by Gasteiger charge is 2.16. The third-order valence-electron chi connectivity index (χ3n) is 2.82. The normalized spacial score (nSPS) is 12.5. The molecule has 2 heteroatoms. The highest BCUT2D eigenvalue weighted by molar-refractivity contribution is 6.18. The number of carbonyl (C=O) groups excluding carboxylic acids is 1. The summed E-state index contributed by atoms with van der Waals surface area (Å²) in [5.74, 6) is 0.678. The van der Waals surface area contributed by atoms with Gasteiger partial charge in [0.2, 0.25) is 0 Å². The van der Waals surface area contributed by atoms with Crippen LogP contribution in [0.2, 0.25) is 0 Å². The number of hydrogen-bond donors (Lipinski definition) is 0. The van der Waals surface area contributed by atoms with Crippen molar-refractivity contribution in [1.82, 2.24) is 0 Å². The number of Topliss-reactive ketones (excluding diaryl/α,β-unsaturated/α-hetero) is 1. The number of ketones is 1. The minimum absolute atomic E-state index is 0.0400. The minimum Gasteiger partial charge on any atom is -0.299 e. The molecule has 0 saturated heterocycles. The molecule has 1 aromatic carbocycles. The maximum atomic E-state index is 11.5. The second-order valence-corrected chi connectivity index (χ2v) is 4.36. The molecule has 1 unspecified atom stereocenters. The number of carbonyl (C=O) groups is 1. The zero-order valence-electron chi connectivity index (χ0n) is 9.51. The van der Waals surface area contributed by atoms with Crippen LogP contribution in [0, 0.1) is 13.8 Å². The third kappa shape index (κ3) is 3.07. The topological polar surface area (TPSA) is 17.1 Å². The molecule has 0 fully saturated rings. The van der Waals surface area contributed by atoms with Gasteiger partial charge in [0.25, 0.3) is 0 Å². The van der Waals surface area contributed by atoms with E-state index in [0.29, 0.717) is 5.88 Å². The first-order chi connectivity index (χ1) is 7.06. The van der Waals surface area contributed by atoms with Gasteiger partial charge in [0.1, 0.15) is 5.78 Å². The summed E-state index contributed by atoms with van der Waals surface area (Å²) in [4.78, 5) is 11.5. The van der Waals surface area contributed by atoms with E-state index >= 15 is 0 Å². The van der Waals surface area contributed by atoms with E-state index in [1.807, 2.05) is 6.07 Å². The predicted octanol–water partition coefficient (Wildman–Crippen LogP) is 3.60. The number of benzene rings is 1. The Balaban J connectivity index is 3.01. The number of alkyl halides is 1. The van der Waals surface area contributed by atoms with Crippen molar-refractivity contribution in [1.29, 1.82) is 0 Å². The standard InChI is InChI=1S/C13H17ClO/c1-9-4-5-12(8-10(9)2)13(6-7-14)11(3)15/h4-5,8,13H,6-7H2,1-3H3. The minimum atomic E-state index is -0.0400. The van der Waals surface area contributed by atoms with E-state index in [-0.39, 0.29) is 11.7 Å². The summed E-state index contributed by atoms with van der Waals surface area (Å²) in [6.07, 6.45) is 0.722. The van der Waals surface area contributed by atoms with Crippen LogP contribution in [-0.2, 0) is 4.79 Å². The summed E-state index contributed by atoms with van der Waals surface area (Å²) in [6, 6.07) is 6.18. The van der Waals surface area contributed by atoms with Crippen molar-refractivity contribution in [3.63, 3.8) is 0 Å². The lowest BCUT2D eigenvalue weighted by Gasteiger charge is -2.14. The molecule has 0 radical (unpaired) electrons. The Morgan fingerprint density at radius 1 is 1.33 bits per heavy atom. The van der Waals surface area contributed by atoms with Gasteiger partial charge in [0, 0.05) is 11.8 Å². The quantitative estimate of drug-likeness (QED) is 0.715. The van der Waals surface area contributed by atoms with Gasteiger partial charge in [-0.15, -0.1) is 11.6 Å². The van der Waals surface area contributed by atoms with Crippen LogP contribution in [0.4, 0.5) is 0 Å². The fraction of sp³-hybridized carbons (Fsp3) is 0.462. The summed E-state index contributed by atoms with van der Waals surface area (Å²) in [5.41, 5.74) is 3.58. The Kier molecular flexibility index (Phi) is 4.34. The highest BCUT2D eigenvalue weighted by Crippen LogP contribution is 2.23. The average molecular weight is 225 g/mol. The molecule has 0 saturated carbocycles. The van der Waals surface area contributed by atoms with Gasteiger partial charge in [-0.2, -0.15) is 0 Å². The van der Waals surface area contributed by atoms with E-state index in [9.17, 15) is 4.79 Å². The number of rotatable bonds is 4. The lowest BCUT2D eigenvalue weighted by atomic mass is 9.91. The Morgan fingerprint density at radius 2 is 2.00 bits per heavy atom. The van der Waals surface area contributed by atoms with Gasteiger partial charge in [-0.05, 0) is 43.9 Å². The molecule has 0 aliphatic rings. The van der Waals surface area contributed by atoms with E-state index in [1.54, 1.807) is 6.92 Å². The molecule has 0 heterocycles. The zero-order chi connectivity index (χ0) is 11.4. The summed E-state index contributed by atoms with van der Waals surface area (Å²) in [6.45, 7) is 5.77. The fourth-order valence-electron chi connectivity index (χ4n) is 1.70. The molecule has 1 atom stereocenters. The largest absolute Gasteiger partial charge is 0.299 e. The molecule has 1 aromatic rings. The second kappa shape index (κ2) is 5.32. The Morgan fingerprint density at radius 3 is 2.47 bits per heavy atom. The van der Waals surface area contributed by atoms with Gasteiger partial charge in [-0.1, -0.05) is 18.2 Å². The Labute approximate surface area is 96.5 Å². The number of aryl methyl sites for hydroxylation is 2. The lowest BCUT2D eigenvalue weighted by Crippen LogP contribution is -2.09. The monoisotopic (exact) mass is 224 g/mol. The molecule has 0 aliphatic heterocycles. The maximum Gasteiger partial charge on any atom is 0.137 e. The van der Waals surface area contributed by atoms with Crippen molar-refractivity contribution >= 4 is 17.4 Å². The van der Waals surface area contributed by atoms with Crippen LogP contribution in [-0.4, -0.2) is 11.7 Å². The Hall–Kier alpha value is -0.820. The molecular formula is C13H17ClO. The van der Waals surface area contributed by atoms with E-state index in [0.717, 1.165) is 12.0 Å². The Bertz CT molecular complexity index is 358. The van der Waals surface area contributed by atoms with E-state index in [1.165, 1.54) is 11.1 Å². The van der Waals surface area contributed by atoms with E-state index < -0.39 is 0 Å². The molecule has 0 bridgehead atoms. The molecule has 1 rings (SSSR count). The van der Waals surface area contributed by atoms with Crippen LogP contribution in [0.5, 0.6) is 0 Å². The van der Waals surface area contributed by atoms with Crippen molar-refractivity contribution in [2.24, 2.45) is 0 Å². The maximum absolute atomic E-state index is 11.5. The SMILES string of the molecule is CC(=O)C(CCCl)c1ccc(C)c(C)c1. The van der Waals surface area contributed by atoms with Gasteiger partial charge in [-0.3, -0.25) is 4.79 Å². The summed E-state index contributed by atoms with van der Waals surface area (Å²) in [7, 11) is 0. The first-order valence-electron chi connectivity index (χ1n) is 5.20. The van der Waals surface area contributed by atoms with Crippen molar-refractivity contribution in [2.75, 3.05) is 5.88 Å². The van der Waals surface area contributed by atoms with Crippen LogP contribution < -0.4 is 0 Å². The molecule has 0 aliphatic carbocycles. The summed E-state index contributed by atoms with van der Waals surface area (Å²) >= 11 is 5.71. The predicted molar refractivity (Wildman–Crippen MR) is 64.7 cm³/mol. The van der Waals surface area contributed by atoms with Gasteiger partial charge < -0.3 is 0 Å². The van der Waals surface area contributed by atoms with Gasteiger partial charge in [-0.25, -0.2) is 0 Å². The summed E-state index contributed by atoms with van der Waals surface area (Å²) < 4.78 is 0. The molecule has 0 amide bonds. The molecule has 1 nitrogen and oxygen atoms in total. The van der Waals surface area contributed by atoms with Crippen molar-refractivity contribution < 1.29 is 4.79 Å². The van der Waals surface area contributed by atoms with Crippen LogP contribution >= 0.6 is 11.6 Å². The van der Waals surface area contributed by atoms with E-state index in [4.69, 9.17) is 11.6 Å². The molecule has 0 spiro atoms. The van der Waals surface area contributed by atoms with Crippen LogP contribution in [0.15, 0.2) is 18.2 Å². The molecule has 0 aromatic heterocycles. The van der Waals surface area contributed by atoms with Crippen molar-refractivity contribution in [3.05, 3.63) is 34.9 Å². The molecule has 15 heavy (non-hydrogen) atoms. The number of halogens is 1. The van der Waals surface area contributed by atoms with E-state index in [2.05, 4.69) is 26.0 Å². The van der Waals surface area contributed by atoms with Crippen molar-refractivity contribution in [3.8, 4) is 0 Å². The van der Waals surface area contributed by atoms with Crippen molar-refractivity contribution in [2.45, 2.75) is 33.1 Å². The fourth-order valence-corrected chi connectivity index (χ4v) is 1.91. The molecular weight excluding hydrogens is 208 g/mol. The van der Waals surface area contributed by atoms with Crippen LogP contribution in [0.25, 0.3) is 0 Å². The first-order valence-corrected chi connectivity index (χ1v) is 5.73. The van der Waals surface area contributed by atoms with Gasteiger partial charge in [0.15, 0.2) is 0 Å². The van der Waals surface area contributed by atoms with Crippen LogP contribution in [0.3, 0.4) is 0 Å². The summed E-state index contributed by atoms with van der Waals surface area (Å²) in [5, 5.41) is 0. The van der Waals surface area contributed by atoms with Gasteiger partial charge >= 0.3 is 0 Å². The molecule has 82 valence electrons. The third-order valence-corrected chi connectivity index (χ3v) is 3.04. The smallest absolute Gasteiger partial charge is 0.137 e. The highest BCUT2D eigenvalue weighted by atomic mass is 35.5. The first kappa shape index (κ1) is 12.3. The molecule has 0 N–H and O–H groups in total. The average Bonchev–Trinajstić information content (AvgIpc) is 2.18. The van der Waals surface area contributed by atoms with Crippen LogP contribution in [0.1, 0.15) is 36.0 Å². The number of hydrogen-bond acceptors (Lipinski definition) is 1. The van der Waals surface area contributed by atoms with Gasteiger partial charge in [0.05, 0.1) is 0 Å². The zero-order valence-corrected chi connectivity index (χ0v) is 10.3. The second-order valence-electron chi connectivity index (χ2n) is 3.98.